The van der Waals surface area contributed by atoms with Crippen molar-refractivity contribution < 1.29 is 14.6 Å². The summed E-state index contributed by atoms with van der Waals surface area (Å²) < 4.78 is 5.30. The van der Waals surface area contributed by atoms with Crippen LogP contribution >= 0.6 is 0 Å². The molecule has 1 aliphatic carbocycles. The third-order valence-corrected chi connectivity index (χ3v) is 3.80. The Morgan fingerprint density at radius 3 is 2.61 bits per heavy atom. The van der Waals surface area contributed by atoms with Gasteiger partial charge in [0.15, 0.2) is 0 Å². The molecule has 1 fully saturated rings. The first-order chi connectivity index (χ1) is 8.59. The van der Waals surface area contributed by atoms with Crippen molar-refractivity contribution in [2.24, 2.45) is 5.41 Å². The van der Waals surface area contributed by atoms with E-state index in [1.165, 1.54) is 0 Å². The highest BCUT2D eigenvalue weighted by Gasteiger charge is 2.45. The lowest BCUT2D eigenvalue weighted by molar-refractivity contribution is -0.153. The lowest BCUT2D eigenvalue weighted by Gasteiger charge is -2.41. The molecule has 2 rings (SSSR count). The number of para-hydroxylation sites is 2. The van der Waals surface area contributed by atoms with E-state index in [2.05, 4.69) is 0 Å². The van der Waals surface area contributed by atoms with Gasteiger partial charge >= 0.3 is 5.97 Å². The highest BCUT2D eigenvalue weighted by atomic mass is 16.5. The van der Waals surface area contributed by atoms with E-state index in [-0.39, 0.29) is 0 Å². The lowest BCUT2D eigenvalue weighted by Crippen LogP contribution is -2.46. The van der Waals surface area contributed by atoms with E-state index in [9.17, 15) is 9.90 Å². The molecule has 1 N–H and O–H groups in total. The molecule has 0 unspecified atom stereocenters. The normalized spacial score (nSPS) is 16.8. The van der Waals surface area contributed by atoms with E-state index < -0.39 is 11.4 Å². The van der Waals surface area contributed by atoms with Crippen molar-refractivity contribution in [1.29, 1.82) is 0 Å². The summed E-state index contributed by atoms with van der Waals surface area (Å²) in [6.45, 7) is 0.530. The Bertz CT molecular complexity index is 440. The van der Waals surface area contributed by atoms with Gasteiger partial charge in [-0.1, -0.05) is 18.6 Å². The number of ether oxygens (including phenoxy) is 1. The van der Waals surface area contributed by atoms with Crippen LogP contribution in [0.25, 0.3) is 0 Å². The number of hydrogen-bond donors (Lipinski definition) is 1. The second-order valence-electron chi connectivity index (χ2n) is 4.97. The summed E-state index contributed by atoms with van der Waals surface area (Å²) in [6, 6.07) is 7.68. The molecule has 4 heteroatoms. The van der Waals surface area contributed by atoms with Crippen LogP contribution < -0.4 is 9.64 Å². The van der Waals surface area contributed by atoms with Crippen LogP contribution in [0.3, 0.4) is 0 Å². The topological polar surface area (TPSA) is 49.8 Å². The van der Waals surface area contributed by atoms with Crippen molar-refractivity contribution >= 4 is 11.7 Å². The SMILES string of the molecule is COc1ccccc1N(C)CC1(C(=O)O)CCC1. The molecule has 0 amide bonds. The van der Waals surface area contributed by atoms with Gasteiger partial charge < -0.3 is 14.7 Å². The fourth-order valence-corrected chi connectivity index (χ4v) is 2.53. The Morgan fingerprint density at radius 2 is 2.11 bits per heavy atom. The van der Waals surface area contributed by atoms with Gasteiger partial charge in [-0.2, -0.15) is 0 Å². The van der Waals surface area contributed by atoms with E-state index in [0.29, 0.717) is 6.54 Å². The molecule has 0 aliphatic heterocycles. The molecule has 0 radical (unpaired) electrons. The van der Waals surface area contributed by atoms with Crippen LogP contribution in [-0.4, -0.2) is 31.8 Å². The van der Waals surface area contributed by atoms with E-state index >= 15 is 0 Å². The molecule has 18 heavy (non-hydrogen) atoms. The van der Waals surface area contributed by atoms with Gasteiger partial charge in [-0.25, -0.2) is 0 Å². The maximum atomic E-state index is 11.4. The van der Waals surface area contributed by atoms with Crippen molar-refractivity contribution in [1.82, 2.24) is 0 Å². The molecule has 1 aromatic carbocycles. The summed E-state index contributed by atoms with van der Waals surface area (Å²) in [5, 5.41) is 9.35. The standard InChI is InChI=1S/C14H19NO3/c1-15(10-14(13(16)17)8-5-9-14)11-6-3-4-7-12(11)18-2/h3-4,6-7H,5,8-10H2,1-2H3,(H,16,17). The Kier molecular flexibility index (Phi) is 3.45. The smallest absolute Gasteiger partial charge is 0.311 e. The second-order valence-corrected chi connectivity index (χ2v) is 4.97. The average Bonchev–Trinajstić information content (AvgIpc) is 2.33. The van der Waals surface area contributed by atoms with Crippen molar-refractivity contribution in [2.75, 3.05) is 25.6 Å². The Hall–Kier alpha value is -1.71. The van der Waals surface area contributed by atoms with Crippen molar-refractivity contribution in [2.45, 2.75) is 19.3 Å². The van der Waals surface area contributed by atoms with Gasteiger partial charge in [-0.3, -0.25) is 4.79 Å². The predicted molar refractivity (Wildman–Crippen MR) is 70.2 cm³/mol. The first-order valence-corrected chi connectivity index (χ1v) is 6.17. The number of hydrogen-bond acceptors (Lipinski definition) is 3. The monoisotopic (exact) mass is 249 g/mol. The lowest BCUT2D eigenvalue weighted by atomic mass is 9.68. The summed E-state index contributed by atoms with van der Waals surface area (Å²) in [7, 11) is 3.55. The summed E-state index contributed by atoms with van der Waals surface area (Å²) in [5.74, 6) is 0.0929. The van der Waals surface area contributed by atoms with Gasteiger partial charge in [0.1, 0.15) is 5.75 Å². The predicted octanol–water partition coefficient (Wildman–Crippen LogP) is 2.39. The first kappa shape index (κ1) is 12.7. The van der Waals surface area contributed by atoms with Crippen molar-refractivity contribution in [3.05, 3.63) is 24.3 Å². The molecule has 4 nitrogen and oxygen atoms in total. The number of carboxylic acids is 1. The number of methoxy groups -OCH3 is 1. The van der Waals surface area contributed by atoms with Crippen LogP contribution in [-0.2, 0) is 4.79 Å². The minimum Gasteiger partial charge on any atom is -0.495 e. The van der Waals surface area contributed by atoms with Crippen LogP contribution in [0.1, 0.15) is 19.3 Å². The fraction of sp³-hybridized carbons (Fsp3) is 0.500. The number of benzene rings is 1. The molecule has 0 saturated heterocycles. The summed E-state index contributed by atoms with van der Waals surface area (Å²) in [5.41, 5.74) is 0.364. The van der Waals surface area contributed by atoms with Crippen LogP contribution in [0.5, 0.6) is 5.75 Å². The van der Waals surface area contributed by atoms with E-state index in [0.717, 1.165) is 30.7 Å². The zero-order chi connectivity index (χ0) is 13.2. The molecule has 0 bridgehead atoms. The highest BCUT2D eigenvalue weighted by Crippen LogP contribution is 2.43. The quantitative estimate of drug-likeness (QED) is 0.870. The molecule has 0 atom stereocenters. The van der Waals surface area contributed by atoms with Gasteiger partial charge in [-0.05, 0) is 25.0 Å². The second kappa shape index (κ2) is 4.88. The number of aliphatic carboxylic acids is 1. The van der Waals surface area contributed by atoms with Gasteiger partial charge in [0.2, 0.25) is 0 Å². The maximum absolute atomic E-state index is 11.4. The third kappa shape index (κ3) is 2.15. The van der Waals surface area contributed by atoms with Crippen LogP contribution in [0.2, 0.25) is 0 Å². The van der Waals surface area contributed by atoms with Gasteiger partial charge in [0, 0.05) is 13.6 Å². The molecule has 98 valence electrons. The molecular formula is C14H19NO3. The molecule has 1 aromatic rings. The number of carboxylic acid groups (broad SMARTS) is 1. The average molecular weight is 249 g/mol. The van der Waals surface area contributed by atoms with Crippen molar-refractivity contribution in [3.63, 3.8) is 0 Å². The maximum Gasteiger partial charge on any atom is 0.311 e. The van der Waals surface area contributed by atoms with Crippen LogP contribution in [0.4, 0.5) is 5.69 Å². The van der Waals surface area contributed by atoms with Gasteiger partial charge in [0.25, 0.3) is 0 Å². The van der Waals surface area contributed by atoms with E-state index in [1.807, 2.05) is 36.2 Å². The molecule has 1 saturated carbocycles. The molecule has 1 aliphatic rings. The van der Waals surface area contributed by atoms with E-state index in [4.69, 9.17) is 4.74 Å². The minimum atomic E-state index is -0.685. The number of carbonyl (C=O) groups is 1. The van der Waals surface area contributed by atoms with Crippen molar-refractivity contribution in [3.8, 4) is 5.75 Å². The fourth-order valence-electron chi connectivity index (χ4n) is 2.53. The largest absolute Gasteiger partial charge is 0.495 e. The third-order valence-electron chi connectivity index (χ3n) is 3.80. The number of nitrogens with zero attached hydrogens (tertiary/aromatic N) is 1. The number of anilines is 1. The zero-order valence-corrected chi connectivity index (χ0v) is 10.8. The Morgan fingerprint density at radius 1 is 1.44 bits per heavy atom. The summed E-state index contributed by atoms with van der Waals surface area (Å²) in [4.78, 5) is 13.3. The molecular weight excluding hydrogens is 230 g/mol. The Labute approximate surface area is 107 Å². The first-order valence-electron chi connectivity index (χ1n) is 6.17. The molecule has 0 spiro atoms. The van der Waals surface area contributed by atoms with E-state index in [1.54, 1.807) is 7.11 Å². The molecule has 0 aromatic heterocycles. The Balaban J connectivity index is 2.16. The summed E-state index contributed by atoms with van der Waals surface area (Å²) in [6.07, 6.45) is 2.54. The number of rotatable bonds is 5. The van der Waals surface area contributed by atoms with Crippen LogP contribution in [0.15, 0.2) is 24.3 Å². The van der Waals surface area contributed by atoms with Gasteiger partial charge in [0.05, 0.1) is 18.2 Å². The minimum absolute atomic E-state index is 0.530. The van der Waals surface area contributed by atoms with Gasteiger partial charge in [-0.15, -0.1) is 0 Å². The zero-order valence-electron chi connectivity index (χ0n) is 10.8. The van der Waals surface area contributed by atoms with Crippen LogP contribution in [0, 0.1) is 5.41 Å². The highest BCUT2D eigenvalue weighted by molar-refractivity contribution is 5.77. The summed E-state index contributed by atoms with van der Waals surface area (Å²) >= 11 is 0. The molecule has 0 heterocycles.